The highest BCUT2D eigenvalue weighted by Gasteiger charge is 2.26. The Morgan fingerprint density at radius 1 is 0.783 bits per heavy atom. The summed E-state index contributed by atoms with van der Waals surface area (Å²) in [5.41, 5.74) is 0. The molecule has 0 aliphatic rings. The Kier molecular flexibility index (Phi) is 7.42. The van der Waals surface area contributed by atoms with E-state index in [1.807, 2.05) is 60.7 Å². The zero-order valence-electron chi connectivity index (χ0n) is 14.0. The van der Waals surface area contributed by atoms with Gasteiger partial charge in [-0.2, -0.15) is 0 Å². The highest BCUT2D eigenvalue weighted by Crippen LogP contribution is 2.46. The van der Waals surface area contributed by atoms with E-state index in [9.17, 15) is 4.57 Å². The average Bonchev–Trinajstić information content (AvgIpc) is 2.60. The summed E-state index contributed by atoms with van der Waals surface area (Å²) in [6, 6.07) is 19.1. The maximum Gasteiger partial charge on any atom is 0.277 e. The number of benzene rings is 2. The van der Waals surface area contributed by atoms with Gasteiger partial charge >= 0.3 is 0 Å². The van der Waals surface area contributed by atoms with Crippen molar-refractivity contribution in [3.05, 3.63) is 60.7 Å². The molecule has 0 saturated heterocycles. The van der Waals surface area contributed by atoms with Gasteiger partial charge in [0.25, 0.3) is 7.37 Å². The second-order valence-corrected chi connectivity index (χ2v) is 8.40. The van der Waals surface area contributed by atoms with Gasteiger partial charge in [0.15, 0.2) is 0 Å². The van der Waals surface area contributed by atoms with Crippen LogP contribution in [0.3, 0.4) is 0 Å². The predicted octanol–water partition coefficient (Wildman–Crippen LogP) is 6.03. The molecule has 0 heterocycles. The molecule has 0 bridgehead atoms. The van der Waals surface area contributed by atoms with E-state index < -0.39 is 7.37 Å². The van der Waals surface area contributed by atoms with Crippen molar-refractivity contribution in [3.63, 3.8) is 0 Å². The van der Waals surface area contributed by atoms with Gasteiger partial charge in [0, 0.05) is 11.5 Å². The van der Waals surface area contributed by atoms with Crippen molar-refractivity contribution < 1.29 is 9.09 Å². The van der Waals surface area contributed by atoms with Gasteiger partial charge in [-0.1, -0.05) is 75.4 Å². The lowest BCUT2D eigenvalue weighted by Crippen LogP contribution is -2.12. The minimum atomic E-state index is -2.85. The first-order chi connectivity index (χ1) is 11.2. The van der Waals surface area contributed by atoms with E-state index in [1.165, 1.54) is 25.7 Å². The molecule has 2 rings (SSSR count). The molecule has 0 spiro atoms. The summed E-state index contributed by atoms with van der Waals surface area (Å²) >= 11 is 0. The molecule has 0 radical (unpaired) electrons. The van der Waals surface area contributed by atoms with E-state index in [2.05, 4.69) is 6.92 Å². The molecule has 0 saturated carbocycles. The molecule has 2 aromatic carbocycles. The Morgan fingerprint density at radius 2 is 1.35 bits per heavy atom. The summed E-state index contributed by atoms with van der Waals surface area (Å²) in [6.07, 6.45) is 7.70. The fourth-order valence-electron chi connectivity index (χ4n) is 2.63. The summed E-state index contributed by atoms with van der Waals surface area (Å²) in [4.78, 5) is 0. The Bertz CT molecular complexity index is 596. The monoisotopic (exact) mass is 330 g/mol. The smallest absolute Gasteiger partial charge is 0.277 e. The topological polar surface area (TPSA) is 26.3 Å². The van der Waals surface area contributed by atoms with Crippen LogP contribution in [0.4, 0.5) is 0 Å². The van der Waals surface area contributed by atoms with E-state index in [0.29, 0.717) is 11.9 Å². The first-order valence-corrected chi connectivity index (χ1v) is 10.4. The van der Waals surface area contributed by atoms with Crippen LogP contribution in [0.1, 0.15) is 45.4 Å². The van der Waals surface area contributed by atoms with Crippen molar-refractivity contribution in [1.82, 2.24) is 0 Å². The van der Waals surface area contributed by atoms with E-state index in [0.717, 1.165) is 18.1 Å². The molecule has 124 valence electrons. The summed E-state index contributed by atoms with van der Waals surface area (Å²) in [5, 5.41) is 0.817. The maximum absolute atomic E-state index is 13.5. The standard InChI is InChI=1S/C20H27O2P/c1-2-3-4-5-6-13-18-23(21,20-16-11-8-12-17-20)22-19-14-9-7-10-15-19/h7-12,14-17H,2-6,13,18H2,1H3. The molecule has 2 nitrogen and oxygen atoms in total. The summed E-state index contributed by atoms with van der Waals surface area (Å²) in [5.74, 6) is 0.686. The third-order valence-corrected chi connectivity index (χ3v) is 6.45. The SMILES string of the molecule is CCCCCCCCP(=O)(Oc1ccccc1)c1ccccc1. The average molecular weight is 330 g/mol. The maximum atomic E-state index is 13.5. The zero-order valence-corrected chi connectivity index (χ0v) is 14.9. The van der Waals surface area contributed by atoms with Gasteiger partial charge < -0.3 is 4.52 Å². The largest absolute Gasteiger partial charge is 0.440 e. The molecule has 0 amide bonds. The van der Waals surface area contributed by atoms with Crippen molar-refractivity contribution in [2.45, 2.75) is 45.4 Å². The summed E-state index contributed by atoms with van der Waals surface area (Å²) < 4.78 is 19.4. The van der Waals surface area contributed by atoms with Crippen molar-refractivity contribution in [1.29, 1.82) is 0 Å². The Hall–Kier alpha value is -1.53. The number of unbranched alkanes of at least 4 members (excludes halogenated alkanes) is 5. The third-order valence-electron chi connectivity index (χ3n) is 3.95. The zero-order chi connectivity index (χ0) is 16.4. The molecule has 2 aromatic rings. The van der Waals surface area contributed by atoms with E-state index >= 15 is 0 Å². The number of hydrogen-bond acceptors (Lipinski definition) is 2. The molecule has 1 atom stereocenters. The van der Waals surface area contributed by atoms with Crippen molar-refractivity contribution >= 4 is 12.7 Å². The van der Waals surface area contributed by atoms with Gasteiger partial charge in [-0.3, -0.25) is 4.57 Å². The Balaban J connectivity index is 2.02. The van der Waals surface area contributed by atoms with Crippen LogP contribution in [0.5, 0.6) is 5.75 Å². The second-order valence-electron chi connectivity index (χ2n) is 5.90. The van der Waals surface area contributed by atoms with Crippen molar-refractivity contribution in [2.75, 3.05) is 6.16 Å². The molecule has 0 fully saturated rings. The molecule has 0 N–H and O–H groups in total. The van der Waals surface area contributed by atoms with Crippen LogP contribution in [-0.2, 0) is 4.57 Å². The fraction of sp³-hybridized carbons (Fsp3) is 0.400. The van der Waals surface area contributed by atoms with Crippen LogP contribution < -0.4 is 9.83 Å². The lowest BCUT2D eigenvalue weighted by atomic mass is 10.1. The van der Waals surface area contributed by atoms with Crippen LogP contribution in [0.15, 0.2) is 60.7 Å². The second kappa shape index (κ2) is 9.57. The van der Waals surface area contributed by atoms with Gasteiger partial charge in [-0.05, 0) is 30.7 Å². The Morgan fingerprint density at radius 3 is 2.00 bits per heavy atom. The number of hydrogen-bond donors (Lipinski definition) is 0. The minimum Gasteiger partial charge on any atom is -0.440 e. The normalized spacial score (nSPS) is 13.4. The Labute approximate surface area is 140 Å². The number of rotatable bonds is 10. The summed E-state index contributed by atoms with van der Waals surface area (Å²) in [7, 11) is -2.85. The van der Waals surface area contributed by atoms with Gasteiger partial charge in [0.2, 0.25) is 0 Å². The van der Waals surface area contributed by atoms with Gasteiger partial charge in [0.05, 0.1) is 0 Å². The van der Waals surface area contributed by atoms with Gasteiger partial charge in [-0.15, -0.1) is 0 Å². The van der Waals surface area contributed by atoms with Crippen LogP contribution in [-0.4, -0.2) is 6.16 Å². The van der Waals surface area contributed by atoms with Crippen molar-refractivity contribution in [3.8, 4) is 5.75 Å². The predicted molar refractivity (Wildman–Crippen MR) is 99.0 cm³/mol. The molecule has 23 heavy (non-hydrogen) atoms. The molecule has 0 aromatic heterocycles. The first-order valence-electron chi connectivity index (χ1n) is 8.64. The van der Waals surface area contributed by atoms with Crippen molar-refractivity contribution in [2.24, 2.45) is 0 Å². The quantitative estimate of drug-likeness (QED) is 0.393. The molecular weight excluding hydrogens is 303 g/mol. The summed E-state index contributed by atoms with van der Waals surface area (Å²) in [6.45, 7) is 2.22. The molecule has 1 unspecified atom stereocenters. The third kappa shape index (κ3) is 5.88. The minimum absolute atomic E-state index is 0.609. The van der Waals surface area contributed by atoms with Crippen LogP contribution >= 0.6 is 7.37 Å². The first kappa shape index (κ1) is 17.8. The lowest BCUT2D eigenvalue weighted by Gasteiger charge is -2.20. The highest BCUT2D eigenvalue weighted by atomic mass is 31.2. The number of para-hydroxylation sites is 1. The lowest BCUT2D eigenvalue weighted by molar-refractivity contribution is 0.488. The highest BCUT2D eigenvalue weighted by molar-refractivity contribution is 7.67. The van der Waals surface area contributed by atoms with Crippen LogP contribution in [0.25, 0.3) is 0 Å². The van der Waals surface area contributed by atoms with Gasteiger partial charge in [0.1, 0.15) is 5.75 Å². The van der Waals surface area contributed by atoms with E-state index in [-0.39, 0.29) is 0 Å². The molecule has 0 aliphatic carbocycles. The van der Waals surface area contributed by atoms with Gasteiger partial charge in [-0.25, -0.2) is 0 Å². The van der Waals surface area contributed by atoms with E-state index in [1.54, 1.807) is 0 Å². The fourth-order valence-corrected chi connectivity index (χ4v) is 4.82. The van der Waals surface area contributed by atoms with Crippen LogP contribution in [0.2, 0.25) is 0 Å². The molecule has 0 aliphatic heterocycles. The van der Waals surface area contributed by atoms with E-state index in [4.69, 9.17) is 4.52 Å². The molecular formula is C20H27O2P. The molecule has 3 heteroatoms. The van der Waals surface area contributed by atoms with Crippen LogP contribution in [0, 0.1) is 0 Å².